The van der Waals surface area contributed by atoms with Gasteiger partial charge in [0.2, 0.25) is 6.43 Å². The minimum Gasteiger partial charge on any atom is -0.211 e. The molecule has 1 saturated carbocycles. The van der Waals surface area contributed by atoms with Crippen molar-refractivity contribution in [2.45, 2.75) is 38.5 Å². The molecule has 1 aliphatic carbocycles. The van der Waals surface area contributed by atoms with Gasteiger partial charge < -0.3 is 0 Å². The first-order valence-electron chi connectivity index (χ1n) is 4.58. The Bertz CT molecular complexity index is 122. The Hall–Kier alpha value is 0.150. The maximum atomic E-state index is 12.1. The van der Waals surface area contributed by atoms with Crippen molar-refractivity contribution in [2.75, 3.05) is 5.88 Å². The van der Waals surface area contributed by atoms with E-state index in [2.05, 4.69) is 0 Å². The molecule has 0 heterocycles. The van der Waals surface area contributed by atoms with Crippen LogP contribution in [0.3, 0.4) is 0 Å². The number of rotatable bonds is 4. The molecule has 0 nitrogen and oxygen atoms in total. The van der Waals surface area contributed by atoms with E-state index < -0.39 is 6.43 Å². The Morgan fingerprint density at radius 2 is 1.83 bits per heavy atom. The average molecular weight is 197 g/mol. The summed E-state index contributed by atoms with van der Waals surface area (Å²) in [6.07, 6.45) is 2.40. The van der Waals surface area contributed by atoms with Crippen LogP contribution in [0.25, 0.3) is 0 Å². The van der Waals surface area contributed by atoms with Crippen LogP contribution < -0.4 is 0 Å². The zero-order valence-corrected chi connectivity index (χ0v) is 7.86. The van der Waals surface area contributed by atoms with Crippen LogP contribution in [0.1, 0.15) is 32.1 Å². The molecule has 0 radical (unpaired) electrons. The van der Waals surface area contributed by atoms with Gasteiger partial charge in [-0.1, -0.05) is 25.7 Å². The Labute approximate surface area is 77.3 Å². The highest BCUT2D eigenvalue weighted by Gasteiger charge is 2.26. The van der Waals surface area contributed by atoms with E-state index in [4.69, 9.17) is 11.6 Å². The molecule has 1 fully saturated rings. The normalized spacial score (nSPS) is 22.0. The first kappa shape index (κ1) is 10.2. The van der Waals surface area contributed by atoms with Crippen molar-refractivity contribution >= 4 is 11.6 Å². The van der Waals surface area contributed by atoms with E-state index in [1.165, 1.54) is 12.8 Å². The second-order valence-corrected chi connectivity index (χ2v) is 3.89. The fraction of sp³-hybridized carbons (Fsp3) is 1.00. The van der Waals surface area contributed by atoms with Gasteiger partial charge in [0.05, 0.1) is 0 Å². The quantitative estimate of drug-likeness (QED) is 0.602. The third-order valence-corrected chi connectivity index (χ3v) is 3.14. The van der Waals surface area contributed by atoms with Gasteiger partial charge in [0, 0.05) is 12.3 Å². The largest absolute Gasteiger partial charge is 0.239 e. The van der Waals surface area contributed by atoms with Crippen LogP contribution in [0.2, 0.25) is 0 Å². The topological polar surface area (TPSA) is 0 Å². The molecule has 3 heteroatoms. The van der Waals surface area contributed by atoms with Crippen molar-refractivity contribution < 1.29 is 8.78 Å². The Morgan fingerprint density at radius 1 is 1.25 bits per heavy atom. The summed E-state index contributed by atoms with van der Waals surface area (Å²) in [6, 6.07) is 0. The zero-order valence-electron chi connectivity index (χ0n) is 7.11. The van der Waals surface area contributed by atoms with E-state index in [-0.39, 0.29) is 12.3 Å². The lowest BCUT2D eigenvalue weighted by molar-refractivity contribution is 0.104. The second kappa shape index (κ2) is 5.00. The van der Waals surface area contributed by atoms with E-state index in [9.17, 15) is 8.78 Å². The van der Waals surface area contributed by atoms with Crippen LogP contribution in [0.5, 0.6) is 0 Å². The van der Waals surface area contributed by atoms with Crippen LogP contribution >= 0.6 is 11.6 Å². The highest BCUT2D eigenvalue weighted by molar-refractivity contribution is 6.18. The summed E-state index contributed by atoms with van der Waals surface area (Å²) in [7, 11) is 0. The Balaban J connectivity index is 2.32. The van der Waals surface area contributed by atoms with Gasteiger partial charge in [-0.3, -0.25) is 0 Å². The maximum Gasteiger partial charge on any atom is 0.239 e. The third-order valence-electron chi connectivity index (χ3n) is 2.75. The molecule has 1 unspecified atom stereocenters. The molecule has 0 aliphatic heterocycles. The molecule has 1 aliphatic rings. The molecule has 1 atom stereocenters. The van der Waals surface area contributed by atoms with E-state index >= 15 is 0 Å². The first-order chi connectivity index (χ1) is 5.74. The van der Waals surface area contributed by atoms with Crippen LogP contribution in [0.15, 0.2) is 0 Å². The third kappa shape index (κ3) is 2.89. The fourth-order valence-electron chi connectivity index (χ4n) is 2.04. The second-order valence-electron chi connectivity index (χ2n) is 3.59. The van der Waals surface area contributed by atoms with Gasteiger partial charge in [-0.2, -0.15) is 0 Å². The van der Waals surface area contributed by atoms with Gasteiger partial charge in [-0.15, -0.1) is 11.6 Å². The zero-order chi connectivity index (χ0) is 8.97. The summed E-state index contributed by atoms with van der Waals surface area (Å²) in [4.78, 5) is 0. The van der Waals surface area contributed by atoms with Gasteiger partial charge in [-0.05, 0) is 11.8 Å². The lowest BCUT2D eigenvalue weighted by atomic mass is 9.90. The molecule has 12 heavy (non-hydrogen) atoms. The predicted molar refractivity (Wildman–Crippen MR) is 46.8 cm³/mol. The predicted octanol–water partition coefficient (Wildman–Crippen LogP) is 3.69. The van der Waals surface area contributed by atoms with Crippen molar-refractivity contribution in [2.24, 2.45) is 11.8 Å². The summed E-state index contributed by atoms with van der Waals surface area (Å²) < 4.78 is 24.1. The van der Waals surface area contributed by atoms with Gasteiger partial charge in [0.25, 0.3) is 0 Å². The van der Waals surface area contributed by atoms with Crippen molar-refractivity contribution in [1.82, 2.24) is 0 Å². The Morgan fingerprint density at radius 3 is 2.25 bits per heavy atom. The Kier molecular flexibility index (Phi) is 4.27. The molecule has 0 spiro atoms. The van der Waals surface area contributed by atoms with Crippen molar-refractivity contribution in [1.29, 1.82) is 0 Å². The van der Waals surface area contributed by atoms with Gasteiger partial charge in [-0.25, -0.2) is 8.78 Å². The summed E-state index contributed by atoms with van der Waals surface area (Å²) in [6.45, 7) is 0. The summed E-state index contributed by atoms with van der Waals surface area (Å²) in [5, 5.41) is 0. The molecular weight excluding hydrogens is 182 g/mol. The van der Waals surface area contributed by atoms with Crippen molar-refractivity contribution in [3.63, 3.8) is 0 Å². The standard InChI is InChI=1S/C9H15ClF2/c10-6-8(5-9(11)12)7-3-1-2-4-7/h7-9H,1-6H2. The van der Waals surface area contributed by atoms with Crippen LogP contribution in [0, 0.1) is 11.8 Å². The van der Waals surface area contributed by atoms with E-state index in [1.54, 1.807) is 0 Å². The molecule has 0 amide bonds. The molecule has 0 bridgehead atoms. The minimum atomic E-state index is -2.19. The first-order valence-corrected chi connectivity index (χ1v) is 5.11. The molecule has 0 aromatic rings. The lowest BCUT2D eigenvalue weighted by Gasteiger charge is -2.20. The lowest BCUT2D eigenvalue weighted by Crippen LogP contribution is -2.16. The van der Waals surface area contributed by atoms with Crippen molar-refractivity contribution in [3.8, 4) is 0 Å². The van der Waals surface area contributed by atoms with Crippen LogP contribution in [-0.2, 0) is 0 Å². The fourth-order valence-corrected chi connectivity index (χ4v) is 2.42. The number of hydrogen-bond acceptors (Lipinski definition) is 0. The molecule has 0 saturated heterocycles. The van der Waals surface area contributed by atoms with E-state index in [0.717, 1.165) is 12.8 Å². The van der Waals surface area contributed by atoms with Gasteiger partial charge >= 0.3 is 0 Å². The highest BCUT2D eigenvalue weighted by Crippen LogP contribution is 2.34. The van der Waals surface area contributed by atoms with Crippen molar-refractivity contribution in [3.05, 3.63) is 0 Å². The molecule has 0 aromatic heterocycles. The van der Waals surface area contributed by atoms with E-state index in [0.29, 0.717) is 11.8 Å². The molecule has 1 rings (SSSR count). The SMILES string of the molecule is FC(F)CC(CCl)C1CCCC1. The summed E-state index contributed by atoms with van der Waals surface area (Å²) in [5.41, 5.74) is 0. The van der Waals surface area contributed by atoms with Crippen LogP contribution in [-0.4, -0.2) is 12.3 Å². The van der Waals surface area contributed by atoms with Gasteiger partial charge in [0.15, 0.2) is 0 Å². The highest BCUT2D eigenvalue weighted by atomic mass is 35.5. The molecular formula is C9H15ClF2. The number of hydrogen-bond donors (Lipinski definition) is 0. The average Bonchev–Trinajstić information content (AvgIpc) is 2.51. The maximum absolute atomic E-state index is 12.1. The molecule has 72 valence electrons. The molecule has 0 aromatic carbocycles. The monoisotopic (exact) mass is 196 g/mol. The number of halogens is 3. The van der Waals surface area contributed by atoms with E-state index in [1.807, 2.05) is 0 Å². The smallest absolute Gasteiger partial charge is 0.211 e. The summed E-state index contributed by atoms with van der Waals surface area (Å²) in [5.74, 6) is 0.917. The van der Waals surface area contributed by atoms with Crippen LogP contribution in [0.4, 0.5) is 8.78 Å². The number of alkyl halides is 3. The summed E-state index contributed by atoms with van der Waals surface area (Å²) >= 11 is 5.66. The molecule has 0 N–H and O–H groups in total. The van der Waals surface area contributed by atoms with Gasteiger partial charge in [0.1, 0.15) is 0 Å². The minimum absolute atomic E-state index is 0.00579.